The Bertz CT molecular complexity index is 423. The van der Waals surface area contributed by atoms with E-state index in [1.54, 1.807) is 12.1 Å². The van der Waals surface area contributed by atoms with Crippen molar-refractivity contribution in [3.05, 3.63) is 29.6 Å². The highest BCUT2D eigenvalue weighted by molar-refractivity contribution is 5.92. The number of carbonyl (C=O) groups excluding carboxylic acids is 1. The van der Waals surface area contributed by atoms with E-state index in [0.717, 1.165) is 25.9 Å². The number of ether oxygens (including phenoxy) is 1. The van der Waals surface area contributed by atoms with Crippen molar-refractivity contribution in [2.24, 2.45) is 0 Å². The van der Waals surface area contributed by atoms with Crippen molar-refractivity contribution in [1.82, 2.24) is 10.3 Å². The average Bonchev–Trinajstić information content (AvgIpc) is 2.46. The highest BCUT2D eigenvalue weighted by Crippen LogP contribution is 1.98. The van der Waals surface area contributed by atoms with Crippen molar-refractivity contribution in [2.45, 2.75) is 26.2 Å². The van der Waals surface area contributed by atoms with Crippen LogP contribution in [0.15, 0.2) is 18.3 Å². The molecule has 1 aromatic heterocycles. The quantitative estimate of drug-likeness (QED) is 0.725. The molecule has 0 radical (unpaired) electrons. The first-order valence-corrected chi connectivity index (χ1v) is 6.50. The van der Waals surface area contributed by atoms with E-state index in [-0.39, 0.29) is 5.91 Å². The van der Waals surface area contributed by atoms with Gasteiger partial charge in [-0.25, -0.2) is 4.98 Å². The van der Waals surface area contributed by atoms with Crippen LogP contribution in [0.4, 0.5) is 0 Å². The number of carbonyl (C=O) groups is 1. The Morgan fingerprint density at radius 1 is 1.42 bits per heavy atom. The third-order valence-electron chi connectivity index (χ3n) is 2.52. The molecule has 102 valence electrons. The monoisotopic (exact) mass is 261 g/mol. The van der Waals surface area contributed by atoms with E-state index in [9.17, 15) is 4.79 Å². The lowest BCUT2D eigenvalue weighted by atomic mass is 10.2. The highest BCUT2D eigenvalue weighted by atomic mass is 16.5. The zero-order chi connectivity index (χ0) is 13.9. The molecule has 1 aromatic rings. The summed E-state index contributed by atoms with van der Waals surface area (Å²) in [6.07, 6.45) is 4.37. The van der Waals surface area contributed by atoms with Crippen LogP contribution in [0.3, 0.4) is 0 Å². The van der Waals surface area contributed by atoms with Crippen LogP contribution in [0, 0.1) is 11.3 Å². The van der Waals surface area contributed by atoms with Gasteiger partial charge < -0.3 is 10.1 Å². The molecule has 1 heterocycles. The van der Waals surface area contributed by atoms with Gasteiger partial charge in [0.25, 0.3) is 5.91 Å². The molecule has 0 aliphatic heterocycles. The zero-order valence-corrected chi connectivity index (χ0v) is 11.2. The number of rotatable bonds is 8. The Morgan fingerprint density at radius 3 is 2.84 bits per heavy atom. The average molecular weight is 261 g/mol. The number of nitrogens with one attached hydrogen (secondary N) is 1. The summed E-state index contributed by atoms with van der Waals surface area (Å²) >= 11 is 0. The van der Waals surface area contributed by atoms with Crippen molar-refractivity contribution < 1.29 is 9.53 Å². The lowest BCUT2D eigenvalue weighted by Crippen LogP contribution is -2.26. The van der Waals surface area contributed by atoms with E-state index in [1.165, 1.54) is 6.20 Å². The fourth-order valence-electron chi connectivity index (χ4n) is 1.41. The van der Waals surface area contributed by atoms with Gasteiger partial charge >= 0.3 is 0 Å². The van der Waals surface area contributed by atoms with Gasteiger partial charge in [-0.2, -0.15) is 5.26 Å². The SMILES string of the molecule is CCCCOCCCNC(=O)c1ccc(C#N)cn1. The highest BCUT2D eigenvalue weighted by Gasteiger charge is 2.05. The minimum Gasteiger partial charge on any atom is -0.381 e. The molecule has 5 heteroatoms. The number of amides is 1. The largest absolute Gasteiger partial charge is 0.381 e. The molecule has 19 heavy (non-hydrogen) atoms. The molecule has 0 saturated carbocycles. The lowest BCUT2D eigenvalue weighted by Gasteiger charge is -2.05. The topological polar surface area (TPSA) is 75.0 Å². The van der Waals surface area contributed by atoms with Gasteiger partial charge in [0.2, 0.25) is 0 Å². The molecular formula is C14H19N3O2. The van der Waals surface area contributed by atoms with Gasteiger partial charge in [0.15, 0.2) is 0 Å². The first-order chi connectivity index (χ1) is 9.27. The number of pyridine rings is 1. The number of hydrogen-bond acceptors (Lipinski definition) is 4. The summed E-state index contributed by atoms with van der Waals surface area (Å²) in [6, 6.07) is 5.09. The van der Waals surface area contributed by atoms with Crippen LogP contribution in [0.25, 0.3) is 0 Å². The summed E-state index contributed by atoms with van der Waals surface area (Å²) in [7, 11) is 0. The molecule has 1 rings (SSSR count). The van der Waals surface area contributed by atoms with Gasteiger partial charge in [-0.05, 0) is 25.0 Å². The number of unbranched alkanes of at least 4 members (excludes halogenated alkanes) is 1. The van der Waals surface area contributed by atoms with Crippen molar-refractivity contribution >= 4 is 5.91 Å². The van der Waals surface area contributed by atoms with Gasteiger partial charge in [-0.15, -0.1) is 0 Å². The molecule has 0 spiro atoms. The van der Waals surface area contributed by atoms with E-state index in [1.807, 2.05) is 6.07 Å². The first kappa shape index (κ1) is 15.1. The molecule has 0 aliphatic carbocycles. The van der Waals surface area contributed by atoms with Crippen LogP contribution >= 0.6 is 0 Å². The standard InChI is InChI=1S/C14H19N3O2/c1-2-3-8-19-9-4-7-16-14(18)13-6-5-12(10-15)11-17-13/h5-6,11H,2-4,7-9H2,1H3,(H,16,18). The van der Waals surface area contributed by atoms with Crippen LogP contribution in [0.2, 0.25) is 0 Å². The molecule has 5 nitrogen and oxygen atoms in total. The number of hydrogen-bond donors (Lipinski definition) is 1. The lowest BCUT2D eigenvalue weighted by molar-refractivity contribution is 0.0935. The van der Waals surface area contributed by atoms with Crippen molar-refractivity contribution in [3.63, 3.8) is 0 Å². The molecule has 0 unspecified atom stereocenters. The minimum absolute atomic E-state index is 0.224. The maximum absolute atomic E-state index is 11.7. The van der Waals surface area contributed by atoms with Crippen molar-refractivity contribution in [3.8, 4) is 6.07 Å². The van der Waals surface area contributed by atoms with E-state index in [2.05, 4.69) is 17.2 Å². The van der Waals surface area contributed by atoms with Crippen LogP contribution in [-0.4, -0.2) is 30.6 Å². The Hall–Kier alpha value is -1.93. The maximum Gasteiger partial charge on any atom is 0.269 e. The van der Waals surface area contributed by atoms with Crippen LogP contribution < -0.4 is 5.32 Å². The first-order valence-electron chi connectivity index (χ1n) is 6.50. The van der Waals surface area contributed by atoms with Gasteiger partial charge in [0.05, 0.1) is 5.56 Å². The normalized spacial score (nSPS) is 9.89. The molecule has 0 saturated heterocycles. The van der Waals surface area contributed by atoms with Gasteiger partial charge in [-0.1, -0.05) is 13.3 Å². The number of nitrogens with zero attached hydrogens (tertiary/aromatic N) is 2. The predicted octanol–water partition coefficient (Wildman–Crippen LogP) is 1.89. The van der Waals surface area contributed by atoms with Crippen LogP contribution in [0.5, 0.6) is 0 Å². The Balaban J connectivity index is 2.18. The second kappa shape index (κ2) is 9.06. The summed E-state index contributed by atoms with van der Waals surface area (Å²) in [4.78, 5) is 15.6. The summed E-state index contributed by atoms with van der Waals surface area (Å²) in [5.74, 6) is -0.224. The molecule has 1 N–H and O–H groups in total. The second-order valence-corrected chi connectivity index (χ2v) is 4.12. The van der Waals surface area contributed by atoms with Gasteiger partial charge in [-0.3, -0.25) is 4.79 Å². The van der Waals surface area contributed by atoms with Crippen LogP contribution in [0.1, 0.15) is 42.2 Å². The third kappa shape index (κ3) is 5.98. The summed E-state index contributed by atoms with van der Waals surface area (Å²) in [5.41, 5.74) is 0.770. The van der Waals surface area contributed by atoms with Crippen molar-refractivity contribution in [2.75, 3.05) is 19.8 Å². The molecule has 0 bridgehead atoms. The van der Waals surface area contributed by atoms with E-state index in [4.69, 9.17) is 10.00 Å². The zero-order valence-electron chi connectivity index (χ0n) is 11.2. The smallest absolute Gasteiger partial charge is 0.269 e. The molecule has 1 amide bonds. The van der Waals surface area contributed by atoms with Crippen LogP contribution in [-0.2, 0) is 4.74 Å². The van der Waals surface area contributed by atoms with Crippen molar-refractivity contribution in [1.29, 1.82) is 5.26 Å². The molecule has 0 fully saturated rings. The van der Waals surface area contributed by atoms with E-state index < -0.39 is 0 Å². The summed E-state index contributed by atoms with van der Waals surface area (Å²) in [6.45, 7) is 4.11. The minimum atomic E-state index is -0.224. The van der Waals surface area contributed by atoms with Gasteiger partial charge in [0, 0.05) is 26.0 Å². The Kier molecular flexibility index (Phi) is 7.21. The molecule has 0 atom stereocenters. The number of aromatic nitrogens is 1. The van der Waals surface area contributed by atoms with Gasteiger partial charge in [0.1, 0.15) is 11.8 Å². The molecule has 0 aromatic carbocycles. The summed E-state index contributed by atoms with van der Waals surface area (Å²) in [5, 5.41) is 11.4. The number of nitriles is 1. The Labute approximate surface area is 113 Å². The van der Waals surface area contributed by atoms with E-state index in [0.29, 0.717) is 24.4 Å². The fraction of sp³-hybridized carbons (Fsp3) is 0.500. The molecular weight excluding hydrogens is 242 g/mol. The molecule has 0 aliphatic rings. The van der Waals surface area contributed by atoms with E-state index >= 15 is 0 Å². The third-order valence-corrected chi connectivity index (χ3v) is 2.52. The predicted molar refractivity (Wildman–Crippen MR) is 71.6 cm³/mol. The fourth-order valence-corrected chi connectivity index (χ4v) is 1.41. The Morgan fingerprint density at radius 2 is 2.21 bits per heavy atom. The summed E-state index contributed by atoms with van der Waals surface area (Å²) < 4.78 is 5.39. The maximum atomic E-state index is 11.7. The second-order valence-electron chi connectivity index (χ2n) is 4.12.